The van der Waals surface area contributed by atoms with Gasteiger partial charge in [0.1, 0.15) is 5.82 Å². The number of hydrogen-bond donors (Lipinski definition) is 1. The molecule has 1 N–H and O–H groups in total. The smallest absolute Gasteiger partial charge is 0.313 e. The second kappa shape index (κ2) is 6.99. The molecule has 5 nitrogen and oxygen atoms in total. The van der Waals surface area contributed by atoms with E-state index in [0.29, 0.717) is 12.6 Å². The first-order valence-electron chi connectivity index (χ1n) is 6.57. The molecule has 1 aliphatic rings. The van der Waals surface area contributed by atoms with E-state index in [4.69, 9.17) is 4.74 Å². The van der Waals surface area contributed by atoms with Gasteiger partial charge in [-0.2, -0.15) is 0 Å². The van der Waals surface area contributed by atoms with Gasteiger partial charge >= 0.3 is 5.69 Å². The van der Waals surface area contributed by atoms with Gasteiger partial charge in [-0.1, -0.05) is 6.42 Å². The summed E-state index contributed by atoms with van der Waals surface area (Å²) in [6.45, 7) is 1.38. The second-order valence-electron chi connectivity index (χ2n) is 4.78. The van der Waals surface area contributed by atoms with Gasteiger partial charge in [-0.3, -0.25) is 10.1 Å². The lowest BCUT2D eigenvalue weighted by Gasteiger charge is -2.23. The first-order valence-corrected chi connectivity index (χ1v) is 7.37. The van der Waals surface area contributed by atoms with E-state index in [0.717, 1.165) is 25.5 Å². The summed E-state index contributed by atoms with van der Waals surface area (Å²) in [5.41, 5.74) is -0.345. The van der Waals surface area contributed by atoms with Crippen LogP contribution >= 0.6 is 15.9 Å². The zero-order valence-electron chi connectivity index (χ0n) is 10.9. The molecule has 0 aliphatic carbocycles. The van der Waals surface area contributed by atoms with Crippen LogP contribution in [0.2, 0.25) is 0 Å². The number of nitro groups is 1. The Morgan fingerprint density at radius 3 is 2.95 bits per heavy atom. The van der Waals surface area contributed by atoms with E-state index in [1.54, 1.807) is 0 Å². The van der Waals surface area contributed by atoms with Gasteiger partial charge in [0, 0.05) is 12.1 Å². The first kappa shape index (κ1) is 15.2. The van der Waals surface area contributed by atoms with Crippen molar-refractivity contribution < 1.29 is 14.1 Å². The van der Waals surface area contributed by atoms with E-state index in [2.05, 4.69) is 21.2 Å². The molecule has 1 fully saturated rings. The van der Waals surface area contributed by atoms with Crippen LogP contribution in [0.3, 0.4) is 0 Å². The van der Waals surface area contributed by atoms with Gasteiger partial charge in [-0.25, -0.2) is 4.39 Å². The quantitative estimate of drug-likeness (QED) is 0.655. The Balaban J connectivity index is 1.97. The molecular formula is C13H16BrFN2O3. The summed E-state index contributed by atoms with van der Waals surface area (Å²) in [6.07, 6.45) is 4.26. The molecule has 1 heterocycles. The van der Waals surface area contributed by atoms with Gasteiger partial charge < -0.3 is 10.1 Å². The first-order chi connectivity index (χ1) is 9.58. The zero-order valence-corrected chi connectivity index (χ0v) is 12.5. The van der Waals surface area contributed by atoms with Crippen LogP contribution in [0.25, 0.3) is 0 Å². The molecular weight excluding hydrogens is 331 g/mol. The predicted molar refractivity (Wildman–Crippen MR) is 76.5 cm³/mol. The average Bonchev–Trinajstić information content (AvgIpc) is 2.43. The van der Waals surface area contributed by atoms with Crippen LogP contribution in [0, 0.1) is 15.9 Å². The third-order valence-corrected chi connectivity index (χ3v) is 3.94. The molecule has 1 saturated heterocycles. The van der Waals surface area contributed by atoms with Gasteiger partial charge in [0.25, 0.3) is 0 Å². The van der Waals surface area contributed by atoms with Gasteiger partial charge in [0.2, 0.25) is 0 Å². The van der Waals surface area contributed by atoms with Crippen LogP contribution in [0.5, 0.6) is 5.75 Å². The maximum Gasteiger partial charge on any atom is 0.313 e. The molecule has 0 amide bonds. The maximum atomic E-state index is 13.3. The Kier molecular flexibility index (Phi) is 5.31. The van der Waals surface area contributed by atoms with Crippen LogP contribution in [0.15, 0.2) is 16.6 Å². The Bertz CT molecular complexity index is 493. The van der Waals surface area contributed by atoms with E-state index in [1.165, 1.54) is 18.9 Å². The van der Waals surface area contributed by atoms with E-state index in [-0.39, 0.29) is 15.9 Å². The van der Waals surface area contributed by atoms with Crippen molar-refractivity contribution >= 4 is 21.6 Å². The number of ether oxygens (including phenoxy) is 1. The lowest BCUT2D eigenvalue weighted by Crippen LogP contribution is -2.35. The average molecular weight is 347 g/mol. The van der Waals surface area contributed by atoms with Crippen molar-refractivity contribution in [3.63, 3.8) is 0 Å². The minimum Gasteiger partial charge on any atom is -0.487 e. The van der Waals surface area contributed by atoms with Crippen LogP contribution in [-0.4, -0.2) is 24.1 Å². The van der Waals surface area contributed by atoms with E-state index in [9.17, 15) is 14.5 Å². The molecule has 110 valence electrons. The van der Waals surface area contributed by atoms with Crippen molar-refractivity contribution in [1.29, 1.82) is 0 Å². The fraction of sp³-hybridized carbons (Fsp3) is 0.538. The second-order valence-corrected chi connectivity index (χ2v) is 5.63. The number of halogens is 2. The van der Waals surface area contributed by atoms with Crippen molar-refractivity contribution in [2.45, 2.75) is 31.7 Å². The lowest BCUT2D eigenvalue weighted by molar-refractivity contribution is -0.386. The minimum atomic E-state index is -0.669. The fourth-order valence-corrected chi connectivity index (χ4v) is 2.58. The molecule has 1 aromatic rings. The fourth-order valence-electron chi connectivity index (χ4n) is 2.26. The third kappa shape index (κ3) is 3.89. The molecule has 0 spiro atoms. The normalized spacial score (nSPS) is 18.8. The minimum absolute atomic E-state index is 0.0964. The summed E-state index contributed by atoms with van der Waals surface area (Å²) in [6, 6.07) is 2.58. The number of nitrogens with zero attached hydrogens (tertiary/aromatic N) is 1. The number of nitro benzene ring substituents is 1. The summed E-state index contributed by atoms with van der Waals surface area (Å²) in [5, 5.41) is 14.3. The van der Waals surface area contributed by atoms with Crippen molar-refractivity contribution in [3.05, 3.63) is 32.5 Å². The molecule has 7 heteroatoms. The van der Waals surface area contributed by atoms with Crippen molar-refractivity contribution in [1.82, 2.24) is 5.32 Å². The zero-order chi connectivity index (χ0) is 14.5. The van der Waals surface area contributed by atoms with Crippen LogP contribution in [-0.2, 0) is 0 Å². The Morgan fingerprint density at radius 2 is 2.30 bits per heavy atom. The highest BCUT2D eigenvalue weighted by Gasteiger charge is 2.20. The van der Waals surface area contributed by atoms with Crippen molar-refractivity contribution in [2.24, 2.45) is 0 Å². The monoisotopic (exact) mass is 346 g/mol. The SMILES string of the molecule is O=[N+]([O-])c1cc(F)c(Br)cc1OCCC1CCCCN1. The molecule has 1 aromatic carbocycles. The maximum absolute atomic E-state index is 13.3. The summed E-state index contributed by atoms with van der Waals surface area (Å²) in [4.78, 5) is 10.2. The number of rotatable bonds is 5. The lowest BCUT2D eigenvalue weighted by atomic mass is 10.0. The summed E-state index contributed by atoms with van der Waals surface area (Å²) >= 11 is 3.01. The number of benzene rings is 1. The Hall–Kier alpha value is -1.21. The molecule has 0 saturated carbocycles. The third-order valence-electron chi connectivity index (χ3n) is 3.33. The van der Waals surface area contributed by atoms with Gasteiger partial charge in [-0.15, -0.1) is 0 Å². The molecule has 1 atom stereocenters. The number of hydrogen-bond acceptors (Lipinski definition) is 4. The van der Waals surface area contributed by atoms with Crippen LogP contribution < -0.4 is 10.1 Å². The van der Waals surface area contributed by atoms with Gasteiger partial charge in [0.15, 0.2) is 5.75 Å². The van der Waals surface area contributed by atoms with Gasteiger partial charge in [0.05, 0.1) is 22.1 Å². The molecule has 0 radical (unpaired) electrons. The Morgan fingerprint density at radius 1 is 1.50 bits per heavy atom. The van der Waals surface area contributed by atoms with E-state index in [1.807, 2.05) is 0 Å². The highest BCUT2D eigenvalue weighted by Crippen LogP contribution is 2.32. The topological polar surface area (TPSA) is 64.4 Å². The Labute approximate surface area is 124 Å². The molecule has 0 aromatic heterocycles. The number of piperidine rings is 1. The van der Waals surface area contributed by atoms with Crippen molar-refractivity contribution in [2.75, 3.05) is 13.2 Å². The molecule has 20 heavy (non-hydrogen) atoms. The van der Waals surface area contributed by atoms with Crippen LogP contribution in [0.1, 0.15) is 25.7 Å². The van der Waals surface area contributed by atoms with E-state index < -0.39 is 10.7 Å². The number of nitrogens with one attached hydrogen (secondary N) is 1. The van der Waals surface area contributed by atoms with E-state index >= 15 is 0 Å². The molecule has 1 aliphatic heterocycles. The standard InChI is InChI=1S/C13H16BrFN2O3/c14-10-7-13(12(17(18)19)8-11(10)15)20-6-4-9-3-1-2-5-16-9/h7-9,16H,1-6H2. The summed E-state index contributed by atoms with van der Waals surface area (Å²) in [5.74, 6) is -0.572. The van der Waals surface area contributed by atoms with Crippen LogP contribution in [0.4, 0.5) is 10.1 Å². The van der Waals surface area contributed by atoms with Gasteiger partial charge in [-0.05, 0) is 41.7 Å². The highest BCUT2D eigenvalue weighted by molar-refractivity contribution is 9.10. The largest absolute Gasteiger partial charge is 0.487 e. The predicted octanol–water partition coefficient (Wildman–Crippen LogP) is 3.41. The summed E-state index contributed by atoms with van der Waals surface area (Å²) < 4.78 is 18.9. The molecule has 2 rings (SSSR count). The summed E-state index contributed by atoms with van der Waals surface area (Å²) in [7, 11) is 0. The highest BCUT2D eigenvalue weighted by atomic mass is 79.9. The van der Waals surface area contributed by atoms with Crippen molar-refractivity contribution in [3.8, 4) is 5.75 Å². The molecule has 0 bridgehead atoms. The molecule has 1 unspecified atom stereocenters.